The van der Waals surface area contributed by atoms with Crippen LogP contribution in [0.5, 0.6) is 11.5 Å². The number of hydrogen-bond acceptors (Lipinski definition) is 6. The van der Waals surface area contributed by atoms with Gasteiger partial charge in [0.2, 0.25) is 5.91 Å². The lowest BCUT2D eigenvalue weighted by Crippen LogP contribution is -2.52. The number of carbonyl (C=O) groups is 1. The van der Waals surface area contributed by atoms with Gasteiger partial charge in [-0.2, -0.15) is 0 Å². The van der Waals surface area contributed by atoms with Crippen LogP contribution in [0.15, 0.2) is 71.5 Å². The second-order valence-electron chi connectivity index (χ2n) is 9.32. The molecule has 2 heterocycles. The van der Waals surface area contributed by atoms with Gasteiger partial charge in [0.15, 0.2) is 11.2 Å². The van der Waals surface area contributed by atoms with Gasteiger partial charge < -0.3 is 24.6 Å². The molecule has 1 amide bonds. The normalized spacial score (nSPS) is 28.7. The first kappa shape index (κ1) is 23.8. The van der Waals surface area contributed by atoms with Gasteiger partial charge in [-0.3, -0.25) is 9.78 Å². The van der Waals surface area contributed by atoms with Crippen LogP contribution in [0.1, 0.15) is 29.0 Å². The van der Waals surface area contributed by atoms with Gasteiger partial charge in [0.1, 0.15) is 11.5 Å². The molecular weight excluding hydrogens is 512 g/mol. The van der Waals surface area contributed by atoms with Gasteiger partial charge in [-0.25, -0.2) is 0 Å². The van der Waals surface area contributed by atoms with Crippen LogP contribution in [0.2, 0.25) is 0 Å². The van der Waals surface area contributed by atoms with Crippen molar-refractivity contribution in [2.24, 2.45) is 5.92 Å². The Morgan fingerprint density at radius 2 is 1.83 bits per heavy atom. The fourth-order valence-corrected chi connectivity index (χ4v) is 6.11. The van der Waals surface area contributed by atoms with E-state index in [0.717, 1.165) is 10.0 Å². The summed E-state index contributed by atoms with van der Waals surface area (Å²) in [5.74, 6) is -0.703. The SMILES string of the molecule is COc1cncc2c1[C@]1(O)[C@H](O)[C@H](CC(=O)N(C)C)[C@@H](c3ccccc3)[C@]1(c1ccc(Br)cc1)O2. The molecule has 2 aliphatic rings. The van der Waals surface area contributed by atoms with E-state index in [1.165, 1.54) is 24.4 Å². The van der Waals surface area contributed by atoms with Crippen LogP contribution >= 0.6 is 15.9 Å². The van der Waals surface area contributed by atoms with Crippen molar-refractivity contribution in [2.45, 2.75) is 29.6 Å². The monoisotopic (exact) mass is 538 g/mol. The number of hydrogen-bond donors (Lipinski definition) is 2. The zero-order chi connectivity index (χ0) is 25.0. The fourth-order valence-electron chi connectivity index (χ4n) is 5.84. The Labute approximate surface area is 212 Å². The molecule has 0 bridgehead atoms. The number of aromatic nitrogens is 1. The molecule has 2 N–H and O–H groups in total. The molecule has 5 atom stereocenters. The molecule has 2 aromatic carbocycles. The average molecular weight is 539 g/mol. The molecule has 1 saturated carbocycles. The van der Waals surface area contributed by atoms with E-state index < -0.39 is 29.1 Å². The number of methoxy groups -OCH3 is 1. The Morgan fingerprint density at radius 3 is 2.46 bits per heavy atom. The number of nitrogens with zero attached hydrogens (tertiary/aromatic N) is 2. The Morgan fingerprint density at radius 1 is 1.14 bits per heavy atom. The molecule has 7 nitrogen and oxygen atoms in total. The summed E-state index contributed by atoms with van der Waals surface area (Å²) in [6.07, 6.45) is 1.72. The van der Waals surface area contributed by atoms with Gasteiger partial charge in [0.25, 0.3) is 0 Å². The maximum absolute atomic E-state index is 13.0. The van der Waals surface area contributed by atoms with Crippen molar-refractivity contribution in [2.75, 3.05) is 21.2 Å². The largest absolute Gasteiger partial charge is 0.495 e. The predicted octanol–water partition coefficient (Wildman–Crippen LogP) is 3.58. The Hall–Kier alpha value is -2.94. The highest BCUT2D eigenvalue weighted by Crippen LogP contribution is 2.70. The van der Waals surface area contributed by atoms with Crippen LogP contribution in [0.25, 0.3) is 0 Å². The Balaban J connectivity index is 1.84. The van der Waals surface area contributed by atoms with E-state index in [1.807, 2.05) is 54.6 Å². The van der Waals surface area contributed by atoms with Gasteiger partial charge in [0, 0.05) is 36.8 Å². The van der Waals surface area contributed by atoms with Crippen LogP contribution < -0.4 is 9.47 Å². The standard InChI is InChI=1S/C27H27BrN2O5/c1-30(2)22(31)13-19-23(16-7-5-4-6-8-16)27(17-9-11-18(28)12-10-17)26(33,25(19)32)24-20(34-3)14-29-15-21(24)35-27/h4-12,14-15,19,23,25,32-33H,13H2,1-3H3/t19-,23-,25-,26+,27+/m1/s1. The number of fused-ring (bicyclic) bond motifs is 3. The maximum Gasteiger partial charge on any atom is 0.222 e. The van der Waals surface area contributed by atoms with Gasteiger partial charge >= 0.3 is 0 Å². The van der Waals surface area contributed by atoms with Crippen LogP contribution in [-0.4, -0.2) is 53.3 Å². The van der Waals surface area contributed by atoms with Crippen LogP contribution in [0.3, 0.4) is 0 Å². The highest BCUT2D eigenvalue weighted by molar-refractivity contribution is 9.10. The lowest BCUT2D eigenvalue weighted by Gasteiger charge is -2.41. The van der Waals surface area contributed by atoms with E-state index in [1.54, 1.807) is 14.1 Å². The molecule has 5 rings (SSSR count). The topological polar surface area (TPSA) is 92.1 Å². The smallest absolute Gasteiger partial charge is 0.222 e. The second kappa shape index (κ2) is 8.62. The minimum absolute atomic E-state index is 0.0282. The van der Waals surface area contributed by atoms with Crippen molar-refractivity contribution in [3.63, 3.8) is 0 Å². The molecule has 3 aromatic rings. The number of ether oxygens (including phenoxy) is 2. The van der Waals surface area contributed by atoms with E-state index in [-0.39, 0.29) is 12.3 Å². The summed E-state index contributed by atoms with van der Waals surface area (Å²) in [5, 5.41) is 24.6. The minimum Gasteiger partial charge on any atom is -0.495 e. The number of pyridine rings is 1. The van der Waals surface area contributed by atoms with Crippen molar-refractivity contribution in [1.29, 1.82) is 0 Å². The van der Waals surface area contributed by atoms with Crippen molar-refractivity contribution < 1.29 is 24.5 Å². The molecule has 182 valence electrons. The minimum atomic E-state index is -1.91. The summed E-state index contributed by atoms with van der Waals surface area (Å²) < 4.78 is 13.2. The van der Waals surface area contributed by atoms with Crippen molar-refractivity contribution in [3.8, 4) is 11.5 Å². The first-order chi connectivity index (χ1) is 16.8. The quantitative estimate of drug-likeness (QED) is 0.515. The molecule has 8 heteroatoms. The van der Waals surface area contributed by atoms with Gasteiger partial charge in [-0.15, -0.1) is 0 Å². The summed E-state index contributed by atoms with van der Waals surface area (Å²) in [6, 6.07) is 17.1. The first-order valence-corrected chi connectivity index (χ1v) is 12.2. The van der Waals surface area contributed by atoms with Crippen LogP contribution in [0, 0.1) is 5.92 Å². The summed E-state index contributed by atoms with van der Waals surface area (Å²) in [4.78, 5) is 18.7. The number of benzene rings is 2. The molecule has 1 fully saturated rings. The molecule has 1 aliphatic carbocycles. The van der Waals surface area contributed by atoms with Gasteiger partial charge in [0.05, 0.1) is 31.2 Å². The highest BCUT2D eigenvalue weighted by atomic mass is 79.9. The zero-order valence-corrected chi connectivity index (χ0v) is 21.3. The molecule has 35 heavy (non-hydrogen) atoms. The van der Waals surface area contributed by atoms with E-state index in [9.17, 15) is 15.0 Å². The molecule has 0 unspecified atom stereocenters. The van der Waals surface area contributed by atoms with E-state index in [2.05, 4.69) is 20.9 Å². The number of aliphatic hydroxyl groups excluding tert-OH is 1. The number of halogens is 1. The third kappa shape index (κ3) is 3.31. The average Bonchev–Trinajstić information content (AvgIpc) is 3.23. The summed E-state index contributed by atoms with van der Waals surface area (Å²) >= 11 is 3.49. The molecule has 0 radical (unpaired) electrons. The number of amides is 1. The molecule has 0 saturated heterocycles. The summed E-state index contributed by atoms with van der Waals surface area (Å²) in [6.45, 7) is 0. The lowest BCUT2D eigenvalue weighted by atomic mass is 9.70. The van der Waals surface area contributed by atoms with Gasteiger partial charge in [-0.1, -0.05) is 58.4 Å². The molecule has 0 spiro atoms. The lowest BCUT2D eigenvalue weighted by molar-refractivity contribution is -0.153. The van der Waals surface area contributed by atoms with Crippen molar-refractivity contribution in [3.05, 3.63) is 88.2 Å². The molecule has 1 aliphatic heterocycles. The third-order valence-corrected chi connectivity index (χ3v) is 7.88. The van der Waals surface area contributed by atoms with Crippen molar-refractivity contribution in [1.82, 2.24) is 9.88 Å². The zero-order valence-electron chi connectivity index (χ0n) is 19.7. The van der Waals surface area contributed by atoms with Crippen molar-refractivity contribution >= 4 is 21.8 Å². The van der Waals surface area contributed by atoms with Gasteiger partial charge in [-0.05, 0) is 23.3 Å². The summed E-state index contributed by atoms with van der Waals surface area (Å²) in [5.41, 5.74) is -1.49. The molecule has 1 aromatic heterocycles. The fraction of sp³-hybridized carbons (Fsp3) is 0.333. The van der Waals surface area contributed by atoms with Crippen LogP contribution in [-0.2, 0) is 16.0 Å². The number of carbonyl (C=O) groups excluding carboxylic acids is 1. The Kier molecular flexibility index (Phi) is 5.86. The van der Waals surface area contributed by atoms with Crippen LogP contribution in [0.4, 0.5) is 0 Å². The molecular formula is C27H27BrN2O5. The van der Waals surface area contributed by atoms with E-state index in [4.69, 9.17) is 9.47 Å². The number of aliphatic hydroxyl groups is 2. The predicted molar refractivity (Wildman–Crippen MR) is 133 cm³/mol. The number of rotatable bonds is 5. The summed E-state index contributed by atoms with van der Waals surface area (Å²) in [7, 11) is 4.85. The second-order valence-corrected chi connectivity index (χ2v) is 10.2. The Bertz CT molecular complexity index is 1250. The maximum atomic E-state index is 13.0. The van der Waals surface area contributed by atoms with E-state index >= 15 is 0 Å². The third-order valence-electron chi connectivity index (χ3n) is 7.36. The first-order valence-electron chi connectivity index (χ1n) is 11.4. The highest BCUT2D eigenvalue weighted by Gasteiger charge is 2.76. The van der Waals surface area contributed by atoms with E-state index in [0.29, 0.717) is 22.6 Å².